The van der Waals surface area contributed by atoms with Gasteiger partial charge in [-0.2, -0.15) is 0 Å². The second-order valence-corrected chi connectivity index (χ2v) is 8.06. The van der Waals surface area contributed by atoms with E-state index in [0.717, 1.165) is 38.1 Å². The lowest BCUT2D eigenvalue weighted by Gasteiger charge is -2.55. The van der Waals surface area contributed by atoms with Gasteiger partial charge in [0.2, 0.25) is 11.8 Å². The van der Waals surface area contributed by atoms with Gasteiger partial charge in [0.25, 0.3) is 0 Å². The molecule has 4 heterocycles. The molecule has 4 rings (SSSR count). The normalized spacial score (nSPS) is 30.9. The summed E-state index contributed by atoms with van der Waals surface area (Å²) >= 11 is 0. The van der Waals surface area contributed by atoms with Crippen molar-refractivity contribution in [2.24, 2.45) is 11.8 Å². The van der Waals surface area contributed by atoms with Crippen molar-refractivity contribution in [1.29, 1.82) is 0 Å². The zero-order valence-electron chi connectivity index (χ0n) is 15.7. The Kier molecular flexibility index (Phi) is 5.50. The maximum atomic E-state index is 13.1. The molecule has 27 heavy (non-hydrogen) atoms. The Morgan fingerprint density at radius 1 is 1.33 bits per heavy atom. The minimum atomic E-state index is -0.392. The summed E-state index contributed by atoms with van der Waals surface area (Å²) in [6.45, 7) is 2.96. The van der Waals surface area contributed by atoms with E-state index in [2.05, 4.69) is 10.2 Å². The van der Waals surface area contributed by atoms with E-state index in [0.29, 0.717) is 31.8 Å². The van der Waals surface area contributed by atoms with Crippen molar-refractivity contribution in [3.63, 3.8) is 0 Å². The van der Waals surface area contributed by atoms with Crippen molar-refractivity contribution < 1.29 is 19.1 Å². The molecule has 7 nitrogen and oxygen atoms in total. The smallest absolute Gasteiger partial charge is 0.243 e. The van der Waals surface area contributed by atoms with Crippen LogP contribution in [0.4, 0.5) is 0 Å². The van der Waals surface area contributed by atoms with Crippen LogP contribution in [0.15, 0.2) is 22.8 Å². The van der Waals surface area contributed by atoms with Gasteiger partial charge in [-0.05, 0) is 37.3 Å². The van der Waals surface area contributed by atoms with Gasteiger partial charge in [-0.3, -0.25) is 9.59 Å². The highest BCUT2D eigenvalue weighted by molar-refractivity contribution is 5.89. The maximum Gasteiger partial charge on any atom is 0.243 e. The first-order valence-corrected chi connectivity index (χ1v) is 10.1. The molecule has 2 bridgehead atoms. The minimum Gasteiger partial charge on any atom is -0.469 e. The third-order valence-corrected chi connectivity index (χ3v) is 6.35. The number of piperidine rings is 3. The van der Waals surface area contributed by atoms with Crippen LogP contribution in [-0.4, -0.2) is 71.6 Å². The van der Waals surface area contributed by atoms with E-state index in [-0.39, 0.29) is 30.4 Å². The van der Waals surface area contributed by atoms with Crippen LogP contribution in [0.5, 0.6) is 0 Å². The van der Waals surface area contributed by atoms with Gasteiger partial charge in [0.05, 0.1) is 12.9 Å². The van der Waals surface area contributed by atoms with Gasteiger partial charge in [-0.25, -0.2) is 0 Å². The number of β-amino-alcohol motifs (C(OH)–C–C–N with tert-alkyl or cyclic N) is 1. The van der Waals surface area contributed by atoms with E-state index in [1.165, 1.54) is 0 Å². The first kappa shape index (κ1) is 18.5. The highest BCUT2D eigenvalue weighted by Gasteiger charge is 2.51. The molecule has 1 aromatic rings. The van der Waals surface area contributed by atoms with Crippen LogP contribution in [-0.2, 0) is 16.0 Å². The number of nitrogens with zero attached hydrogens (tertiary/aromatic N) is 2. The summed E-state index contributed by atoms with van der Waals surface area (Å²) < 4.78 is 5.32. The zero-order chi connectivity index (χ0) is 18.8. The number of aliphatic hydroxyl groups excluding tert-OH is 1. The van der Waals surface area contributed by atoms with E-state index in [1.807, 2.05) is 17.0 Å². The number of amides is 2. The lowest BCUT2D eigenvalue weighted by molar-refractivity contribution is -0.160. The van der Waals surface area contributed by atoms with Crippen LogP contribution in [0.3, 0.4) is 0 Å². The molecule has 1 aromatic heterocycles. The van der Waals surface area contributed by atoms with E-state index in [4.69, 9.17) is 4.42 Å². The summed E-state index contributed by atoms with van der Waals surface area (Å²) in [5.74, 6) is 1.47. The van der Waals surface area contributed by atoms with Gasteiger partial charge < -0.3 is 24.6 Å². The molecule has 2 amide bonds. The van der Waals surface area contributed by atoms with Crippen LogP contribution in [0.1, 0.15) is 31.4 Å². The van der Waals surface area contributed by atoms with E-state index in [1.54, 1.807) is 6.26 Å². The predicted molar refractivity (Wildman–Crippen MR) is 98.8 cm³/mol. The Labute approximate surface area is 159 Å². The highest BCUT2D eigenvalue weighted by Crippen LogP contribution is 2.41. The molecular formula is C20H29N3O4. The van der Waals surface area contributed by atoms with Gasteiger partial charge in [0.15, 0.2) is 0 Å². The molecule has 0 aromatic carbocycles. The topological polar surface area (TPSA) is 86.0 Å². The fraction of sp³-hybridized carbons (Fsp3) is 0.700. The summed E-state index contributed by atoms with van der Waals surface area (Å²) in [4.78, 5) is 30.0. The molecule has 148 valence electrons. The Bertz CT molecular complexity index is 660. The number of fused-ring (bicyclic) bond motifs is 4. The Morgan fingerprint density at radius 2 is 2.19 bits per heavy atom. The molecule has 3 aliphatic rings. The average molecular weight is 375 g/mol. The SMILES string of the molecule is O=C(NCCc1ccco1)[C@H]1[C@H]2C[C@H](CN(CCO)C2)[C@@H]2CCCC(=O)N21. The Balaban J connectivity index is 1.48. The molecule has 4 atom stereocenters. The summed E-state index contributed by atoms with van der Waals surface area (Å²) in [6.07, 6.45) is 5.71. The molecule has 3 fully saturated rings. The van der Waals surface area contributed by atoms with Crippen LogP contribution >= 0.6 is 0 Å². The van der Waals surface area contributed by atoms with Crippen molar-refractivity contribution in [2.45, 2.75) is 44.2 Å². The number of aliphatic hydroxyl groups is 1. The maximum absolute atomic E-state index is 13.1. The zero-order valence-corrected chi connectivity index (χ0v) is 15.7. The number of hydrogen-bond acceptors (Lipinski definition) is 5. The lowest BCUT2D eigenvalue weighted by Crippen LogP contribution is -2.68. The number of nitrogens with one attached hydrogen (secondary N) is 1. The third-order valence-electron chi connectivity index (χ3n) is 6.35. The second-order valence-electron chi connectivity index (χ2n) is 8.06. The van der Waals surface area contributed by atoms with E-state index < -0.39 is 6.04 Å². The third kappa shape index (κ3) is 3.75. The molecule has 0 radical (unpaired) electrons. The number of rotatable bonds is 6. The van der Waals surface area contributed by atoms with Gasteiger partial charge >= 0.3 is 0 Å². The molecule has 3 saturated heterocycles. The second kappa shape index (κ2) is 8.02. The van der Waals surface area contributed by atoms with Crippen molar-refractivity contribution in [2.75, 3.05) is 32.8 Å². The molecule has 0 aliphatic carbocycles. The van der Waals surface area contributed by atoms with Crippen molar-refractivity contribution >= 4 is 11.8 Å². The van der Waals surface area contributed by atoms with Gasteiger partial charge in [-0.1, -0.05) is 0 Å². The molecule has 3 aliphatic heterocycles. The fourth-order valence-corrected chi connectivity index (χ4v) is 5.28. The average Bonchev–Trinajstić information content (AvgIpc) is 3.16. The van der Waals surface area contributed by atoms with Crippen LogP contribution in [0.2, 0.25) is 0 Å². The van der Waals surface area contributed by atoms with Crippen LogP contribution in [0.25, 0.3) is 0 Å². The first-order valence-electron chi connectivity index (χ1n) is 10.1. The standard InChI is InChI=1S/C20H29N3O4/c24-9-8-22-12-14-11-15(13-22)19(23-17(14)4-1-5-18(23)25)20(26)21-7-6-16-3-2-10-27-16/h2-3,10,14-15,17,19,24H,1,4-9,11-13H2,(H,21,26)/t14-,15+,17+,19-/m1/s1. The Morgan fingerprint density at radius 3 is 2.96 bits per heavy atom. The molecule has 0 unspecified atom stereocenters. The van der Waals surface area contributed by atoms with Gasteiger partial charge in [0.1, 0.15) is 11.8 Å². The predicted octanol–water partition coefficient (Wildman–Crippen LogP) is 0.632. The monoisotopic (exact) mass is 375 g/mol. The molecule has 0 saturated carbocycles. The quantitative estimate of drug-likeness (QED) is 0.762. The number of likely N-dealkylation sites (tertiary alicyclic amines) is 1. The van der Waals surface area contributed by atoms with Crippen LogP contribution in [0, 0.1) is 11.8 Å². The number of hydrogen-bond donors (Lipinski definition) is 2. The number of furan rings is 1. The van der Waals surface area contributed by atoms with Crippen LogP contribution < -0.4 is 5.32 Å². The molecule has 2 N–H and O–H groups in total. The number of carbonyl (C=O) groups is 2. The number of carbonyl (C=O) groups excluding carboxylic acids is 2. The van der Waals surface area contributed by atoms with Crippen molar-refractivity contribution in [3.8, 4) is 0 Å². The summed E-state index contributed by atoms with van der Waals surface area (Å²) in [7, 11) is 0. The van der Waals surface area contributed by atoms with Crippen molar-refractivity contribution in [1.82, 2.24) is 15.1 Å². The first-order chi connectivity index (χ1) is 13.2. The minimum absolute atomic E-state index is 0.0453. The summed E-state index contributed by atoms with van der Waals surface area (Å²) in [5, 5.41) is 12.4. The lowest BCUT2D eigenvalue weighted by atomic mass is 9.71. The van der Waals surface area contributed by atoms with Gasteiger partial charge in [-0.15, -0.1) is 0 Å². The summed E-state index contributed by atoms with van der Waals surface area (Å²) in [6, 6.07) is 3.50. The molecule has 7 heteroatoms. The molecular weight excluding hydrogens is 346 g/mol. The Hall–Kier alpha value is -1.86. The largest absolute Gasteiger partial charge is 0.469 e. The van der Waals surface area contributed by atoms with Gasteiger partial charge in [0, 0.05) is 51.0 Å². The van der Waals surface area contributed by atoms with E-state index in [9.17, 15) is 14.7 Å². The van der Waals surface area contributed by atoms with Crippen molar-refractivity contribution in [3.05, 3.63) is 24.2 Å². The van der Waals surface area contributed by atoms with E-state index >= 15 is 0 Å². The fourth-order valence-electron chi connectivity index (χ4n) is 5.28. The molecule has 0 spiro atoms. The highest BCUT2D eigenvalue weighted by atomic mass is 16.3. The summed E-state index contributed by atoms with van der Waals surface area (Å²) in [5.41, 5.74) is 0.